The number of hydrogen-bond donors (Lipinski definition) is 1. The van der Waals surface area contributed by atoms with E-state index in [-0.39, 0.29) is 5.91 Å². The van der Waals surface area contributed by atoms with Gasteiger partial charge in [-0.2, -0.15) is 0 Å². The molecule has 1 amide bonds. The summed E-state index contributed by atoms with van der Waals surface area (Å²) < 4.78 is 10.4. The third-order valence-corrected chi connectivity index (χ3v) is 3.86. The smallest absolute Gasteiger partial charge is 0.270 e. The number of nitrogens with one attached hydrogen (secondary N) is 1. The molecule has 0 aliphatic rings. The van der Waals surface area contributed by atoms with E-state index in [0.717, 1.165) is 22.6 Å². The zero-order chi connectivity index (χ0) is 17.8. The van der Waals surface area contributed by atoms with Gasteiger partial charge in [0.05, 0.1) is 24.1 Å². The fourth-order valence-corrected chi connectivity index (χ4v) is 2.60. The van der Waals surface area contributed by atoms with Gasteiger partial charge in [-0.3, -0.25) is 4.79 Å². The van der Waals surface area contributed by atoms with Gasteiger partial charge >= 0.3 is 0 Å². The second-order valence-corrected chi connectivity index (χ2v) is 5.64. The fraction of sp³-hybridized carbons (Fsp3) is 0.211. The van der Waals surface area contributed by atoms with Gasteiger partial charge < -0.3 is 14.6 Å². The minimum Gasteiger partial charge on any atom is -0.497 e. The van der Waals surface area contributed by atoms with Crippen LogP contribution in [0.1, 0.15) is 27.5 Å². The fourth-order valence-electron chi connectivity index (χ4n) is 2.60. The van der Waals surface area contributed by atoms with Gasteiger partial charge in [-0.15, -0.1) is 0 Å². The summed E-state index contributed by atoms with van der Waals surface area (Å²) in [6, 6.07) is 12.9. The molecule has 0 atom stereocenters. The number of benzene rings is 1. The van der Waals surface area contributed by atoms with E-state index in [0.29, 0.717) is 23.7 Å². The molecule has 6 nitrogen and oxygen atoms in total. The topological polar surface area (TPSA) is 77.2 Å². The Balaban J connectivity index is 1.75. The molecule has 2 aromatic heterocycles. The van der Waals surface area contributed by atoms with E-state index in [1.165, 1.54) is 0 Å². The van der Waals surface area contributed by atoms with Crippen molar-refractivity contribution in [1.29, 1.82) is 0 Å². The van der Waals surface area contributed by atoms with Gasteiger partial charge in [0.25, 0.3) is 5.91 Å². The van der Waals surface area contributed by atoms with Crippen LogP contribution < -0.4 is 10.1 Å². The monoisotopic (exact) mass is 337 g/mol. The number of aromatic nitrogens is 2. The minimum absolute atomic E-state index is 0.239. The largest absolute Gasteiger partial charge is 0.497 e. The Morgan fingerprint density at radius 1 is 1.20 bits per heavy atom. The van der Waals surface area contributed by atoms with Crippen LogP contribution in [0.15, 0.2) is 47.0 Å². The average molecular weight is 337 g/mol. The van der Waals surface area contributed by atoms with Crippen LogP contribution in [-0.4, -0.2) is 23.2 Å². The van der Waals surface area contributed by atoms with Crippen molar-refractivity contribution in [3.05, 3.63) is 65.2 Å². The van der Waals surface area contributed by atoms with E-state index in [1.54, 1.807) is 19.2 Å². The van der Waals surface area contributed by atoms with Crippen molar-refractivity contribution in [2.45, 2.75) is 20.4 Å². The van der Waals surface area contributed by atoms with E-state index >= 15 is 0 Å². The van der Waals surface area contributed by atoms with Crippen LogP contribution in [0, 0.1) is 13.8 Å². The molecule has 3 rings (SSSR count). The molecule has 0 aliphatic carbocycles. The summed E-state index contributed by atoms with van der Waals surface area (Å²) in [4.78, 5) is 16.9. The van der Waals surface area contributed by atoms with Crippen molar-refractivity contribution in [2.24, 2.45) is 0 Å². The molecular weight excluding hydrogens is 318 g/mol. The van der Waals surface area contributed by atoms with Gasteiger partial charge in [-0.1, -0.05) is 23.4 Å². The van der Waals surface area contributed by atoms with Crippen LogP contribution in [0.2, 0.25) is 0 Å². The first-order valence-electron chi connectivity index (χ1n) is 7.90. The summed E-state index contributed by atoms with van der Waals surface area (Å²) in [6.07, 6.45) is 0. The number of carbonyl (C=O) groups excluding carboxylic acids is 1. The highest BCUT2D eigenvalue weighted by atomic mass is 16.5. The van der Waals surface area contributed by atoms with Crippen LogP contribution in [0.3, 0.4) is 0 Å². The number of pyridine rings is 1. The number of methoxy groups -OCH3 is 1. The number of hydrogen-bond acceptors (Lipinski definition) is 5. The summed E-state index contributed by atoms with van der Waals surface area (Å²) in [6.45, 7) is 4.07. The molecule has 0 saturated heterocycles. The number of aryl methyl sites for hydroxylation is 2. The molecular formula is C19H19N3O3. The quantitative estimate of drug-likeness (QED) is 0.773. The molecule has 0 fully saturated rings. The lowest BCUT2D eigenvalue weighted by Crippen LogP contribution is -2.23. The second kappa shape index (κ2) is 7.17. The lowest BCUT2D eigenvalue weighted by atomic mass is 10.1. The number of rotatable bonds is 5. The van der Waals surface area contributed by atoms with Gasteiger partial charge in [0.1, 0.15) is 17.2 Å². The molecule has 0 bridgehead atoms. The predicted octanol–water partition coefficient (Wildman–Crippen LogP) is 3.29. The third kappa shape index (κ3) is 3.68. The van der Waals surface area contributed by atoms with Gasteiger partial charge in [0.15, 0.2) is 0 Å². The zero-order valence-corrected chi connectivity index (χ0v) is 14.4. The molecule has 0 unspecified atom stereocenters. The molecule has 6 heteroatoms. The first-order valence-corrected chi connectivity index (χ1v) is 7.90. The van der Waals surface area contributed by atoms with Gasteiger partial charge in [-0.25, -0.2) is 4.98 Å². The molecule has 128 valence electrons. The number of nitrogens with zero attached hydrogens (tertiary/aromatic N) is 2. The maximum absolute atomic E-state index is 12.4. The second-order valence-electron chi connectivity index (χ2n) is 5.64. The van der Waals surface area contributed by atoms with Crippen LogP contribution >= 0.6 is 0 Å². The van der Waals surface area contributed by atoms with E-state index < -0.39 is 0 Å². The highest BCUT2D eigenvalue weighted by molar-refractivity contribution is 5.92. The van der Waals surface area contributed by atoms with Crippen molar-refractivity contribution in [1.82, 2.24) is 15.5 Å². The predicted molar refractivity (Wildman–Crippen MR) is 93.4 cm³/mol. The van der Waals surface area contributed by atoms with Crippen LogP contribution in [-0.2, 0) is 6.54 Å². The molecule has 1 N–H and O–H groups in total. The minimum atomic E-state index is -0.239. The van der Waals surface area contributed by atoms with Crippen molar-refractivity contribution in [2.75, 3.05) is 7.11 Å². The molecule has 0 saturated carbocycles. The SMILES string of the molecule is COc1cccc(CNC(=O)c2cccc(-c3c(C)noc3C)n2)c1. The average Bonchev–Trinajstić information content (AvgIpc) is 2.98. The molecule has 1 aromatic carbocycles. The highest BCUT2D eigenvalue weighted by Crippen LogP contribution is 2.25. The standard InChI is InChI=1S/C19H19N3O3/c1-12-18(13(2)25-22-12)16-8-5-9-17(21-16)19(23)20-11-14-6-4-7-15(10-14)24-3/h4-10H,11H2,1-3H3,(H,20,23). The first-order chi connectivity index (χ1) is 12.1. The Morgan fingerprint density at radius 3 is 2.72 bits per heavy atom. The molecule has 0 radical (unpaired) electrons. The number of ether oxygens (including phenoxy) is 1. The van der Waals surface area contributed by atoms with Crippen molar-refractivity contribution in [3.8, 4) is 17.0 Å². The van der Waals surface area contributed by atoms with Crippen LogP contribution in [0.25, 0.3) is 11.3 Å². The Labute approximate surface area is 145 Å². The lowest BCUT2D eigenvalue weighted by Gasteiger charge is -2.08. The number of amides is 1. The normalized spacial score (nSPS) is 10.5. The van der Waals surface area contributed by atoms with E-state index in [1.807, 2.05) is 44.2 Å². The zero-order valence-electron chi connectivity index (χ0n) is 14.4. The van der Waals surface area contributed by atoms with E-state index in [9.17, 15) is 4.79 Å². The molecule has 25 heavy (non-hydrogen) atoms. The lowest BCUT2D eigenvalue weighted by molar-refractivity contribution is 0.0946. The van der Waals surface area contributed by atoms with Crippen LogP contribution in [0.4, 0.5) is 0 Å². The summed E-state index contributed by atoms with van der Waals surface area (Å²) >= 11 is 0. The number of carbonyl (C=O) groups is 1. The summed E-state index contributed by atoms with van der Waals surface area (Å²) in [7, 11) is 1.61. The van der Waals surface area contributed by atoms with Crippen LogP contribution in [0.5, 0.6) is 5.75 Å². The summed E-state index contributed by atoms with van der Waals surface area (Å²) in [5.41, 5.74) is 3.54. The first kappa shape index (κ1) is 16.7. The van der Waals surface area contributed by atoms with Gasteiger partial charge in [0, 0.05) is 6.54 Å². The maximum atomic E-state index is 12.4. The highest BCUT2D eigenvalue weighted by Gasteiger charge is 2.15. The third-order valence-electron chi connectivity index (χ3n) is 3.86. The van der Waals surface area contributed by atoms with E-state index in [2.05, 4.69) is 15.5 Å². The Morgan fingerprint density at radius 2 is 2.00 bits per heavy atom. The summed E-state index contributed by atoms with van der Waals surface area (Å²) in [5, 5.41) is 6.80. The molecule has 0 spiro atoms. The molecule has 2 heterocycles. The van der Waals surface area contributed by atoms with Crippen molar-refractivity contribution >= 4 is 5.91 Å². The van der Waals surface area contributed by atoms with Gasteiger partial charge in [0.2, 0.25) is 0 Å². The molecule has 3 aromatic rings. The Hall–Kier alpha value is -3.15. The van der Waals surface area contributed by atoms with E-state index in [4.69, 9.17) is 9.26 Å². The Kier molecular flexibility index (Phi) is 4.79. The van der Waals surface area contributed by atoms with Gasteiger partial charge in [-0.05, 0) is 43.7 Å². The summed E-state index contributed by atoms with van der Waals surface area (Å²) in [5.74, 6) is 1.20. The Bertz CT molecular complexity index is 883. The van der Waals surface area contributed by atoms with Crippen molar-refractivity contribution < 1.29 is 14.1 Å². The molecule has 0 aliphatic heterocycles. The maximum Gasteiger partial charge on any atom is 0.270 e. The van der Waals surface area contributed by atoms with Crippen molar-refractivity contribution in [3.63, 3.8) is 0 Å².